The lowest BCUT2D eigenvalue weighted by atomic mass is 10.2. The normalized spacial score (nSPS) is 10.2. The van der Waals surface area contributed by atoms with E-state index in [-0.39, 0.29) is 5.82 Å². The van der Waals surface area contributed by atoms with E-state index in [9.17, 15) is 4.39 Å². The Kier molecular flexibility index (Phi) is 4.20. The predicted molar refractivity (Wildman–Crippen MR) is 71.4 cm³/mol. The third kappa shape index (κ3) is 3.23. The Bertz CT molecular complexity index is 526. The van der Waals surface area contributed by atoms with Crippen molar-refractivity contribution in [3.8, 4) is 11.5 Å². The molecule has 0 aromatic heterocycles. The second-order valence-corrected chi connectivity index (χ2v) is 4.57. The highest BCUT2D eigenvalue weighted by atomic mass is 79.9. The molecular weight excluding hydrogens is 299 g/mol. The quantitative estimate of drug-likeness (QED) is 0.843. The summed E-state index contributed by atoms with van der Waals surface area (Å²) < 4.78 is 24.3. The molecule has 0 amide bonds. The van der Waals surface area contributed by atoms with Crippen LogP contribution in [0.4, 0.5) is 4.39 Å². The zero-order valence-corrected chi connectivity index (χ0v) is 11.4. The molecule has 0 radical (unpaired) electrons. The summed E-state index contributed by atoms with van der Waals surface area (Å²) in [5.41, 5.74) is 0.999. The summed E-state index contributed by atoms with van der Waals surface area (Å²) >= 11 is 3.10. The van der Waals surface area contributed by atoms with Crippen LogP contribution in [0.15, 0.2) is 46.9 Å². The number of hydrogen-bond acceptors (Lipinski definition) is 2. The topological polar surface area (TPSA) is 18.5 Å². The Morgan fingerprint density at radius 2 is 1.72 bits per heavy atom. The van der Waals surface area contributed by atoms with Gasteiger partial charge in [0.25, 0.3) is 0 Å². The summed E-state index contributed by atoms with van der Waals surface area (Å²) in [7, 11) is 1.62. The summed E-state index contributed by atoms with van der Waals surface area (Å²) in [6.07, 6.45) is 0. The zero-order chi connectivity index (χ0) is 13.0. The fourth-order valence-electron chi connectivity index (χ4n) is 1.46. The van der Waals surface area contributed by atoms with E-state index in [1.807, 2.05) is 24.3 Å². The van der Waals surface area contributed by atoms with Crippen molar-refractivity contribution in [1.82, 2.24) is 0 Å². The lowest BCUT2D eigenvalue weighted by molar-refractivity contribution is 0.304. The predicted octanol–water partition coefficient (Wildman–Crippen LogP) is 4.18. The van der Waals surface area contributed by atoms with Gasteiger partial charge in [0, 0.05) is 6.07 Å². The van der Waals surface area contributed by atoms with Crippen molar-refractivity contribution in [2.75, 3.05) is 7.11 Å². The molecule has 0 saturated carbocycles. The maximum absolute atomic E-state index is 13.3. The molecule has 18 heavy (non-hydrogen) atoms. The van der Waals surface area contributed by atoms with E-state index in [1.165, 1.54) is 6.07 Å². The molecule has 2 aromatic rings. The molecule has 0 aliphatic carbocycles. The van der Waals surface area contributed by atoms with Crippen LogP contribution in [0.3, 0.4) is 0 Å². The van der Waals surface area contributed by atoms with E-state index in [1.54, 1.807) is 19.2 Å². The highest BCUT2D eigenvalue weighted by molar-refractivity contribution is 9.10. The van der Waals surface area contributed by atoms with Gasteiger partial charge < -0.3 is 9.47 Å². The Labute approximate surface area is 113 Å². The Morgan fingerprint density at radius 1 is 1.06 bits per heavy atom. The number of halogens is 2. The highest BCUT2D eigenvalue weighted by Crippen LogP contribution is 2.22. The average Bonchev–Trinajstić information content (AvgIpc) is 2.41. The lowest BCUT2D eigenvalue weighted by Gasteiger charge is -2.07. The minimum atomic E-state index is -0.331. The van der Waals surface area contributed by atoms with Crippen LogP contribution in [-0.4, -0.2) is 7.11 Å². The molecule has 0 unspecified atom stereocenters. The van der Waals surface area contributed by atoms with Gasteiger partial charge in [-0.05, 0) is 45.8 Å². The van der Waals surface area contributed by atoms with Gasteiger partial charge in [0.05, 0.1) is 11.6 Å². The number of rotatable bonds is 4. The van der Waals surface area contributed by atoms with E-state index in [2.05, 4.69) is 15.9 Å². The van der Waals surface area contributed by atoms with Crippen molar-refractivity contribution < 1.29 is 13.9 Å². The third-order valence-electron chi connectivity index (χ3n) is 2.46. The first-order valence-corrected chi connectivity index (χ1v) is 6.19. The largest absolute Gasteiger partial charge is 0.497 e. The van der Waals surface area contributed by atoms with Crippen molar-refractivity contribution in [2.24, 2.45) is 0 Å². The van der Waals surface area contributed by atoms with Crippen LogP contribution in [0.1, 0.15) is 5.56 Å². The molecule has 0 atom stereocenters. The molecule has 2 nitrogen and oxygen atoms in total. The van der Waals surface area contributed by atoms with Crippen LogP contribution in [0, 0.1) is 5.82 Å². The van der Waals surface area contributed by atoms with Gasteiger partial charge in [-0.1, -0.05) is 12.1 Å². The minimum absolute atomic E-state index is 0.331. The van der Waals surface area contributed by atoms with Crippen molar-refractivity contribution >= 4 is 15.9 Å². The van der Waals surface area contributed by atoms with Crippen molar-refractivity contribution in [3.63, 3.8) is 0 Å². The third-order valence-corrected chi connectivity index (χ3v) is 3.10. The van der Waals surface area contributed by atoms with E-state index < -0.39 is 0 Å². The Balaban J connectivity index is 1.99. The number of benzene rings is 2. The van der Waals surface area contributed by atoms with Crippen LogP contribution in [-0.2, 0) is 6.61 Å². The number of ether oxygens (including phenoxy) is 2. The molecule has 0 fully saturated rings. The first-order valence-electron chi connectivity index (χ1n) is 5.40. The van der Waals surface area contributed by atoms with Gasteiger partial charge in [0.1, 0.15) is 23.9 Å². The van der Waals surface area contributed by atoms with Gasteiger partial charge in [-0.25, -0.2) is 4.39 Å². The molecule has 0 aliphatic rings. The summed E-state index contributed by atoms with van der Waals surface area (Å²) in [6, 6.07) is 12.2. The van der Waals surface area contributed by atoms with Gasteiger partial charge in [0.15, 0.2) is 0 Å². The second kappa shape index (κ2) is 5.87. The number of methoxy groups -OCH3 is 1. The van der Waals surface area contributed by atoms with Crippen molar-refractivity contribution in [3.05, 3.63) is 58.3 Å². The molecule has 4 heteroatoms. The standard InChI is InChI=1S/C14H12BrFO2/c1-17-11-4-2-10(3-5-11)9-18-12-6-7-13(15)14(16)8-12/h2-8H,9H2,1H3. The lowest BCUT2D eigenvalue weighted by Crippen LogP contribution is -1.96. The maximum Gasteiger partial charge on any atom is 0.141 e. The van der Waals surface area contributed by atoms with Gasteiger partial charge in [-0.2, -0.15) is 0 Å². The van der Waals surface area contributed by atoms with Gasteiger partial charge in [-0.15, -0.1) is 0 Å². The molecule has 0 bridgehead atoms. The van der Waals surface area contributed by atoms with E-state index >= 15 is 0 Å². The highest BCUT2D eigenvalue weighted by Gasteiger charge is 2.02. The smallest absolute Gasteiger partial charge is 0.141 e. The van der Waals surface area contributed by atoms with Crippen LogP contribution >= 0.6 is 15.9 Å². The fourth-order valence-corrected chi connectivity index (χ4v) is 1.70. The van der Waals surface area contributed by atoms with E-state index in [0.29, 0.717) is 16.8 Å². The molecule has 0 saturated heterocycles. The fraction of sp³-hybridized carbons (Fsp3) is 0.143. The Hall–Kier alpha value is -1.55. The zero-order valence-electron chi connectivity index (χ0n) is 9.82. The molecule has 0 heterocycles. The van der Waals surface area contributed by atoms with Crippen LogP contribution in [0.2, 0.25) is 0 Å². The average molecular weight is 311 g/mol. The van der Waals surface area contributed by atoms with Gasteiger partial charge >= 0.3 is 0 Å². The molecule has 2 aromatic carbocycles. The van der Waals surface area contributed by atoms with Gasteiger partial charge in [0.2, 0.25) is 0 Å². The summed E-state index contributed by atoms with van der Waals surface area (Å²) in [6.45, 7) is 0.394. The molecular formula is C14H12BrFO2. The monoisotopic (exact) mass is 310 g/mol. The van der Waals surface area contributed by atoms with E-state index in [4.69, 9.17) is 9.47 Å². The van der Waals surface area contributed by atoms with Crippen LogP contribution < -0.4 is 9.47 Å². The van der Waals surface area contributed by atoms with Crippen molar-refractivity contribution in [1.29, 1.82) is 0 Å². The van der Waals surface area contributed by atoms with E-state index in [0.717, 1.165) is 11.3 Å². The summed E-state index contributed by atoms with van der Waals surface area (Å²) in [5, 5.41) is 0. The molecule has 0 N–H and O–H groups in total. The molecule has 94 valence electrons. The molecule has 0 spiro atoms. The van der Waals surface area contributed by atoms with Crippen LogP contribution in [0.5, 0.6) is 11.5 Å². The second-order valence-electron chi connectivity index (χ2n) is 3.71. The minimum Gasteiger partial charge on any atom is -0.497 e. The van der Waals surface area contributed by atoms with Crippen LogP contribution in [0.25, 0.3) is 0 Å². The first kappa shape index (κ1) is 12.9. The Morgan fingerprint density at radius 3 is 2.33 bits per heavy atom. The summed E-state index contributed by atoms with van der Waals surface area (Å²) in [5.74, 6) is 0.974. The SMILES string of the molecule is COc1ccc(COc2ccc(Br)c(F)c2)cc1. The van der Waals surface area contributed by atoms with Crippen molar-refractivity contribution in [2.45, 2.75) is 6.61 Å². The molecule has 2 rings (SSSR count). The first-order chi connectivity index (χ1) is 8.69. The summed E-state index contributed by atoms with van der Waals surface area (Å²) in [4.78, 5) is 0. The maximum atomic E-state index is 13.3. The van der Waals surface area contributed by atoms with Gasteiger partial charge in [-0.3, -0.25) is 0 Å². The molecule has 0 aliphatic heterocycles. The number of hydrogen-bond donors (Lipinski definition) is 0.